The lowest BCUT2D eigenvalue weighted by atomic mass is 10.0. The Balaban J connectivity index is 2.90. The van der Waals surface area contributed by atoms with E-state index in [1.54, 1.807) is 0 Å². The van der Waals surface area contributed by atoms with Gasteiger partial charge >= 0.3 is 0 Å². The van der Waals surface area contributed by atoms with Gasteiger partial charge in [-0.25, -0.2) is 4.39 Å². The van der Waals surface area contributed by atoms with Crippen LogP contribution in [0.25, 0.3) is 10.4 Å². The monoisotopic (exact) mass is 245 g/mol. The first-order chi connectivity index (χ1) is 7.56. The van der Waals surface area contributed by atoms with Crippen LogP contribution < -0.4 is 0 Å². The molecule has 7 heteroatoms. The summed E-state index contributed by atoms with van der Waals surface area (Å²) in [6.45, 7) is -0.344. The molecule has 0 aliphatic rings. The number of nitrogens with zero attached hydrogens (tertiary/aromatic N) is 3. The van der Waals surface area contributed by atoms with Crippen LogP contribution in [0.15, 0.2) is 23.3 Å². The Kier molecular flexibility index (Phi) is 4.52. The van der Waals surface area contributed by atoms with E-state index in [2.05, 4.69) is 10.0 Å². The fourth-order valence-electron chi connectivity index (χ4n) is 1.17. The van der Waals surface area contributed by atoms with Crippen LogP contribution in [0.1, 0.15) is 11.7 Å². The smallest absolute Gasteiger partial charge is 0.129 e. The SMILES string of the molecule is [N-]=[N+]=NCC(O)C(O)c1cc(Cl)ccc1F. The molecule has 0 heterocycles. The highest BCUT2D eigenvalue weighted by Crippen LogP contribution is 2.23. The van der Waals surface area contributed by atoms with Gasteiger partial charge < -0.3 is 10.2 Å². The van der Waals surface area contributed by atoms with Crippen LogP contribution in [-0.4, -0.2) is 22.9 Å². The third-order valence-corrected chi connectivity index (χ3v) is 2.21. The van der Waals surface area contributed by atoms with Gasteiger partial charge in [-0.2, -0.15) is 0 Å². The number of hydrogen-bond acceptors (Lipinski definition) is 3. The molecule has 1 aromatic rings. The van der Waals surface area contributed by atoms with Crippen molar-refractivity contribution in [3.63, 3.8) is 0 Å². The predicted molar refractivity (Wildman–Crippen MR) is 56.4 cm³/mol. The Bertz CT molecular complexity index is 423. The van der Waals surface area contributed by atoms with E-state index in [1.807, 2.05) is 0 Å². The zero-order valence-electron chi connectivity index (χ0n) is 8.09. The van der Waals surface area contributed by atoms with Crippen LogP contribution >= 0.6 is 11.6 Å². The lowest BCUT2D eigenvalue weighted by Crippen LogP contribution is -2.22. The molecule has 0 aliphatic heterocycles. The second-order valence-electron chi connectivity index (χ2n) is 3.09. The van der Waals surface area contributed by atoms with Crippen LogP contribution in [0.3, 0.4) is 0 Å². The average molecular weight is 246 g/mol. The number of benzene rings is 1. The van der Waals surface area contributed by atoms with E-state index < -0.39 is 18.0 Å². The molecule has 0 radical (unpaired) electrons. The Morgan fingerprint density at radius 2 is 2.19 bits per heavy atom. The molecule has 1 aromatic carbocycles. The van der Waals surface area contributed by atoms with Gasteiger partial charge in [0, 0.05) is 15.5 Å². The highest BCUT2D eigenvalue weighted by Gasteiger charge is 2.21. The molecule has 2 atom stereocenters. The average Bonchev–Trinajstić information content (AvgIpc) is 2.28. The van der Waals surface area contributed by atoms with E-state index >= 15 is 0 Å². The molecule has 0 fully saturated rings. The molecule has 1 rings (SSSR count). The van der Waals surface area contributed by atoms with Crippen molar-refractivity contribution in [2.24, 2.45) is 5.11 Å². The summed E-state index contributed by atoms with van der Waals surface area (Å²) in [4.78, 5) is 2.43. The van der Waals surface area contributed by atoms with E-state index in [4.69, 9.17) is 17.1 Å². The van der Waals surface area contributed by atoms with Gasteiger partial charge in [0.15, 0.2) is 0 Å². The van der Waals surface area contributed by atoms with Crippen molar-refractivity contribution < 1.29 is 14.6 Å². The molecular formula is C9H9ClFN3O2. The van der Waals surface area contributed by atoms with Crippen molar-refractivity contribution in [1.29, 1.82) is 0 Å². The second kappa shape index (κ2) is 5.67. The zero-order valence-corrected chi connectivity index (χ0v) is 8.84. The second-order valence-corrected chi connectivity index (χ2v) is 3.53. The summed E-state index contributed by atoms with van der Waals surface area (Å²) < 4.78 is 13.3. The summed E-state index contributed by atoms with van der Waals surface area (Å²) in [5, 5.41) is 22.3. The molecule has 86 valence electrons. The van der Waals surface area contributed by atoms with Crippen LogP contribution in [0, 0.1) is 5.82 Å². The maximum Gasteiger partial charge on any atom is 0.129 e. The minimum absolute atomic E-state index is 0.131. The molecule has 0 spiro atoms. The highest BCUT2D eigenvalue weighted by atomic mass is 35.5. The quantitative estimate of drug-likeness (QED) is 0.484. The van der Waals surface area contributed by atoms with Crippen LogP contribution in [-0.2, 0) is 0 Å². The highest BCUT2D eigenvalue weighted by molar-refractivity contribution is 6.30. The third-order valence-electron chi connectivity index (χ3n) is 1.97. The number of hydrogen-bond donors (Lipinski definition) is 2. The number of rotatable bonds is 4. The first kappa shape index (κ1) is 12.7. The minimum Gasteiger partial charge on any atom is -0.390 e. The van der Waals surface area contributed by atoms with Gasteiger partial charge in [-0.15, -0.1) is 0 Å². The number of halogens is 2. The van der Waals surface area contributed by atoms with E-state index in [1.165, 1.54) is 12.1 Å². The number of aliphatic hydroxyl groups is 2. The van der Waals surface area contributed by atoms with E-state index in [-0.39, 0.29) is 17.1 Å². The molecule has 0 amide bonds. The molecule has 0 aliphatic carbocycles. The molecule has 2 unspecified atom stereocenters. The molecule has 2 N–H and O–H groups in total. The van der Waals surface area contributed by atoms with Crippen LogP contribution in [0.2, 0.25) is 5.02 Å². The number of azide groups is 1. The van der Waals surface area contributed by atoms with Gasteiger partial charge in [-0.05, 0) is 23.7 Å². The molecular weight excluding hydrogens is 237 g/mol. The van der Waals surface area contributed by atoms with Crippen molar-refractivity contribution in [1.82, 2.24) is 0 Å². The first-order valence-electron chi connectivity index (χ1n) is 4.38. The fraction of sp³-hybridized carbons (Fsp3) is 0.333. The molecule has 16 heavy (non-hydrogen) atoms. The standard InChI is InChI=1S/C9H9ClFN3O2/c10-5-1-2-7(11)6(3-5)9(16)8(15)4-13-14-12/h1-3,8-9,15-16H,4H2. The lowest BCUT2D eigenvalue weighted by Gasteiger charge is -2.16. The Morgan fingerprint density at radius 1 is 1.50 bits per heavy atom. The Hall–Kier alpha value is -1.33. The number of aliphatic hydroxyl groups excluding tert-OH is 2. The summed E-state index contributed by atoms with van der Waals surface area (Å²) in [6.07, 6.45) is -2.85. The molecule has 0 saturated carbocycles. The topological polar surface area (TPSA) is 89.2 Å². The van der Waals surface area contributed by atoms with Crippen molar-refractivity contribution in [3.05, 3.63) is 45.0 Å². The van der Waals surface area contributed by atoms with Gasteiger partial charge in [0.25, 0.3) is 0 Å². The van der Waals surface area contributed by atoms with E-state index in [0.29, 0.717) is 0 Å². The lowest BCUT2D eigenvalue weighted by molar-refractivity contribution is 0.0223. The first-order valence-corrected chi connectivity index (χ1v) is 4.76. The summed E-state index contributed by atoms with van der Waals surface area (Å²) in [6, 6.07) is 3.62. The van der Waals surface area contributed by atoms with E-state index in [9.17, 15) is 14.6 Å². The fourth-order valence-corrected chi connectivity index (χ4v) is 1.35. The minimum atomic E-state index is -1.48. The van der Waals surface area contributed by atoms with Gasteiger partial charge in [-0.3, -0.25) is 0 Å². The van der Waals surface area contributed by atoms with Crippen molar-refractivity contribution in [2.45, 2.75) is 12.2 Å². The maximum atomic E-state index is 13.3. The molecule has 0 aromatic heterocycles. The van der Waals surface area contributed by atoms with Crippen LogP contribution in [0.4, 0.5) is 4.39 Å². The summed E-state index contributed by atoms with van der Waals surface area (Å²) in [5.41, 5.74) is 7.91. The van der Waals surface area contributed by atoms with Crippen molar-refractivity contribution >= 4 is 11.6 Å². The van der Waals surface area contributed by atoms with Crippen LogP contribution in [0.5, 0.6) is 0 Å². The maximum absolute atomic E-state index is 13.3. The largest absolute Gasteiger partial charge is 0.390 e. The predicted octanol–water partition coefficient (Wildman–Crippen LogP) is 2.18. The van der Waals surface area contributed by atoms with Crippen molar-refractivity contribution in [3.8, 4) is 0 Å². The molecule has 0 saturated heterocycles. The van der Waals surface area contributed by atoms with Gasteiger partial charge in [-0.1, -0.05) is 16.7 Å². The molecule has 5 nitrogen and oxygen atoms in total. The Morgan fingerprint density at radius 3 is 2.81 bits per heavy atom. The van der Waals surface area contributed by atoms with Gasteiger partial charge in [0.2, 0.25) is 0 Å². The zero-order chi connectivity index (χ0) is 12.1. The summed E-state index contributed by atoms with van der Waals surface area (Å²) in [7, 11) is 0. The van der Waals surface area contributed by atoms with Crippen molar-refractivity contribution in [2.75, 3.05) is 6.54 Å². The van der Waals surface area contributed by atoms with E-state index in [0.717, 1.165) is 6.07 Å². The van der Waals surface area contributed by atoms with Gasteiger partial charge in [0.1, 0.15) is 11.9 Å². The van der Waals surface area contributed by atoms with Gasteiger partial charge in [0.05, 0.1) is 12.6 Å². The third kappa shape index (κ3) is 3.08. The normalized spacial score (nSPS) is 14.0. The Labute approximate surface area is 95.7 Å². The summed E-state index contributed by atoms with van der Waals surface area (Å²) in [5.74, 6) is -0.683. The molecule has 0 bridgehead atoms. The summed E-state index contributed by atoms with van der Waals surface area (Å²) >= 11 is 5.63.